The van der Waals surface area contributed by atoms with Gasteiger partial charge in [-0.2, -0.15) is 4.31 Å². The Morgan fingerprint density at radius 2 is 1.71 bits per heavy atom. The van der Waals surface area contributed by atoms with Crippen LogP contribution in [0.25, 0.3) is 0 Å². The van der Waals surface area contributed by atoms with Gasteiger partial charge in [-0.1, -0.05) is 41.4 Å². The van der Waals surface area contributed by atoms with Gasteiger partial charge in [-0.05, 0) is 55.7 Å². The predicted octanol–water partition coefficient (Wildman–Crippen LogP) is 3.95. The Kier molecular flexibility index (Phi) is 7.65. The Morgan fingerprint density at radius 3 is 2.32 bits per heavy atom. The van der Waals surface area contributed by atoms with Gasteiger partial charge in [0.05, 0.1) is 21.4 Å². The van der Waals surface area contributed by atoms with Crippen LogP contribution >= 0.6 is 23.2 Å². The van der Waals surface area contributed by atoms with E-state index in [2.05, 4.69) is 4.90 Å². The summed E-state index contributed by atoms with van der Waals surface area (Å²) in [5, 5.41) is 10.1. The summed E-state index contributed by atoms with van der Waals surface area (Å²) in [7, 11) is -3.74. The molecule has 2 unspecified atom stereocenters. The smallest absolute Gasteiger partial charge is 0.307 e. The molecule has 1 aliphatic rings. The van der Waals surface area contributed by atoms with Crippen LogP contribution in [0.3, 0.4) is 0 Å². The quantitative estimate of drug-likeness (QED) is 0.643. The second-order valence-corrected chi connectivity index (χ2v) is 10.7. The third-order valence-electron chi connectivity index (χ3n) is 5.44. The fourth-order valence-electron chi connectivity index (χ4n) is 4.17. The highest BCUT2D eigenvalue weighted by atomic mass is 35.5. The van der Waals surface area contributed by atoms with Gasteiger partial charge < -0.3 is 5.11 Å². The molecule has 0 radical (unpaired) electrons. The summed E-state index contributed by atoms with van der Waals surface area (Å²) in [4.78, 5) is 13.4. The summed E-state index contributed by atoms with van der Waals surface area (Å²) in [5.41, 5.74) is 1.55. The molecule has 2 aromatic rings. The van der Waals surface area contributed by atoms with E-state index >= 15 is 0 Å². The maximum Gasteiger partial charge on any atom is 0.307 e. The van der Waals surface area contributed by atoms with Crippen molar-refractivity contribution in [3.63, 3.8) is 0 Å². The van der Waals surface area contributed by atoms with Crippen molar-refractivity contribution in [3.05, 3.63) is 63.6 Å². The van der Waals surface area contributed by atoms with Crippen LogP contribution in [-0.2, 0) is 27.7 Å². The zero-order chi connectivity index (χ0) is 22.8. The van der Waals surface area contributed by atoms with Gasteiger partial charge in [0.25, 0.3) is 0 Å². The monoisotopic (exact) mass is 484 g/mol. The van der Waals surface area contributed by atoms with E-state index in [0.717, 1.165) is 18.5 Å². The second-order valence-electron chi connectivity index (χ2n) is 8.01. The van der Waals surface area contributed by atoms with E-state index in [9.17, 15) is 13.2 Å². The molecule has 6 nitrogen and oxygen atoms in total. The summed E-state index contributed by atoms with van der Waals surface area (Å²) >= 11 is 12.1. The molecular formula is C22H26Cl2N2O4S. The van der Waals surface area contributed by atoms with Crippen LogP contribution in [0.2, 0.25) is 10.0 Å². The van der Waals surface area contributed by atoms with Crippen molar-refractivity contribution in [3.8, 4) is 0 Å². The zero-order valence-corrected chi connectivity index (χ0v) is 19.8. The van der Waals surface area contributed by atoms with Gasteiger partial charge in [0.15, 0.2) is 0 Å². The van der Waals surface area contributed by atoms with Crippen LogP contribution in [0.15, 0.2) is 47.4 Å². The van der Waals surface area contributed by atoms with Crippen molar-refractivity contribution in [1.82, 2.24) is 9.21 Å². The number of nitrogens with zero attached hydrogens (tertiary/aromatic N) is 2. The van der Waals surface area contributed by atoms with Gasteiger partial charge in [0, 0.05) is 31.7 Å². The molecule has 1 N–H and O–H groups in total. The lowest BCUT2D eigenvalue weighted by atomic mass is 10.1. The first-order valence-corrected chi connectivity index (χ1v) is 12.3. The predicted molar refractivity (Wildman–Crippen MR) is 122 cm³/mol. The standard InChI is InChI=1S/C22H26Cl2N2O4S/c1-15-13-25(9-8-17-6-7-20(23)21(24)11-17)14-16(2)26(15)31(29,30)19-5-3-4-18(10-19)12-22(27)28/h3-7,10-11,15-16H,8-9,12-14H2,1-2H3,(H,27,28). The first-order valence-electron chi connectivity index (χ1n) is 10.1. The van der Waals surface area contributed by atoms with Gasteiger partial charge >= 0.3 is 5.97 Å². The molecule has 0 spiro atoms. The highest BCUT2D eigenvalue weighted by molar-refractivity contribution is 7.89. The highest BCUT2D eigenvalue weighted by Gasteiger charge is 2.38. The topological polar surface area (TPSA) is 77.9 Å². The van der Waals surface area contributed by atoms with Crippen molar-refractivity contribution in [2.75, 3.05) is 19.6 Å². The molecule has 0 saturated carbocycles. The van der Waals surface area contributed by atoms with Crippen LogP contribution in [0.1, 0.15) is 25.0 Å². The molecule has 9 heteroatoms. The second kappa shape index (κ2) is 9.88. The van der Waals surface area contributed by atoms with Crippen molar-refractivity contribution in [2.24, 2.45) is 0 Å². The van der Waals surface area contributed by atoms with Gasteiger partial charge in [-0.15, -0.1) is 0 Å². The van der Waals surface area contributed by atoms with E-state index < -0.39 is 16.0 Å². The van der Waals surface area contributed by atoms with Crippen molar-refractivity contribution < 1.29 is 18.3 Å². The maximum absolute atomic E-state index is 13.3. The lowest BCUT2D eigenvalue weighted by Gasteiger charge is -2.43. The minimum absolute atomic E-state index is 0.134. The van der Waals surface area contributed by atoms with E-state index in [1.165, 1.54) is 12.1 Å². The molecule has 1 aliphatic heterocycles. The van der Waals surface area contributed by atoms with Gasteiger partial charge in [0.2, 0.25) is 10.0 Å². The molecule has 2 aromatic carbocycles. The Morgan fingerprint density at radius 1 is 1.03 bits per heavy atom. The third-order valence-corrected chi connectivity index (χ3v) is 8.31. The van der Waals surface area contributed by atoms with Crippen molar-refractivity contribution in [2.45, 2.75) is 43.7 Å². The fourth-order valence-corrected chi connectivity index (χ4v) is 6.36. The fraction of sp³-hybridized carbons (Fsp3) is 0.409. The molecule has 168 valence electrons. The number of carboxylic acid groups (broad SMARTS) is 1. The largest absolute Gasteiger partial charge is 0.481 e. The van der Waals surface area contributed by atoms with E-state index in [-0.39, 0.29) is 23.4 Å². The van der Waals surface area contributed by atoms with Crippen molar-refractivity contribution >= 4 is 39.2 Å². The Hall–Kier alpha value is -1.64. The summed E-state index contributed by atoms with van der Waals surface area (Å²) in [6, 6.07) is 11.4. The molecule has 31 heavy (non-hydrogen) atoms. The van der Waals surface area contributed by atoms with Crippen molar-refractivity contribution in [1.29, 1.82) is 0 Å². The molecule has 0 amide bonds. The molecular weight excluding hydrogens is 459 g/mol. The SMILES string of the molecule is CC1CN(CCc2ccc(Cl)c(Cl)c2)CC(C)N1S(=O)(=O)c1cccc(CC(=O)O)c1. The Labute approximate surface area is 193 Å². The van der Waals surface area contributed by atoms with E-state index in [0.29, 0.717) is 28.7 Å². The molecule has 0 bridgehead atoms. The van der Waals surface area contributed by atoms with Gasteiger partial charge in [-0.25, -0.2) is 8.42 Å². The maximum atomic E-state index is 13.3. The minimum Gasteiger partial charge on any atom is -0.481 e. The van der Waals surface area contributed by atoms with Crippen LogP contribution in [-0.4, -0.2) is 60.4 Å². The molecule has 1 heterocycles. The first kappa shape index (κ1) is 24.0. The van der Waals surface area contributed by atoms with E-state index in [4.69, 9.17) is 28.3 Å². The van der Waals surface area contributed by atoms with Crippen LogP contribution < -0.4 is 0 Å². The normalized spacial score (nSPS) is 20.6. The number of piperazine rings is 1. The number of rotatable bonds is 7. The molecule has 2 atom stereocenters. The van der Waals surface area contributed by atoms with Gasteiger partial charge in [-0.3, -0.25) is 9.69 Å². The molecule has 0 aromatic heterocycles. The third kappa shape index (κ3) is 5.79. The first-order chi connectivity index (χ1) is 14.6. The number of carbonyl (C=O) groups is 1. The average Bonchev–Trinajstić information content (AvgIpc) is 2.68. The molecule has 0 aliphatic carbocycles. The van der Waals surface area contributed by atoms with Gasteiger partial charge in [0.1, 0.15) is 0 Å². The summed E-state index contributed by atoms with van der Waals surface area (Å²) in [6.45, 7) is 5.81. The summed E-state index contributed by atoms with van der Waals surface area (Å²) in [5.74, 6) is -0.994. The van der Waals surface area contributed by atoms with E-state index in [1.807, 2.05) is 26.0 Å². The number of hydrogen-bond donors (Lipinski definition) is 1. The Bertz CT molecular complexity index is 1050. The molecule has 1 fully saturated rings. The van der Waals surface area contributed by atoms with E-state index in [1.54, 1.807) is 22.5 Å². The lowest BCUT2D eigenvalue weighted by Crippen LogP contribution is -2.58. The average molecular weight is 485 g/mol. The Balaban J connectivity index is 1.70. The number of aliphatic carboxylic acids is 1. The number of hydrogen-bond acceptors (Lipinski definition) is 4. The van der Waals surface area contributed by atoms with Crippen LogP contribution in [0.4, 0.5) is 0 Å². The number of halogens is 2. The summed E-state index contributed by atoms with van der Waals surface area (Å²) < 4.78 is 28.2. The zero-order valence-electron chi connectivity index (χ0n) is 17.5. The minimum atomic E-state index is -3.74. The lowest BCUT2D eigenvalue weighted by molar-refractivity contribution is -0.136. The number of sulfonamides is 1. The highest BCUT2D eigenvalue weighted by Crippen LogP contribution is 2.27. The molecule has 3 rings (SSSR count). The number of benzene rings is 2. The number of carboxylic acids is 1. The summed E-state index contributed by atoms with van der Waals surface area (Å²) in [6.07, 6.45) is 0.581. The van der Waals surface area contributed by atoms with Crippen LogP contribution in [0, 0.1) is 0 Å². The van der Waals surface area contributed by atoms with Crippen LogP contribution in [0.5, 0.6) is 0 Å². The molecule has 1 saturated heterocycles.